The molecule has 0 radical (unpaired) electrons. The minimum atomic E-state index is -0.954. The average molecular weight is 214 g/mol. The first-order valence-electron chi connectivity index (χ1n) is 4.48. The van der Waals surface area contributed by atoms with Crippen molar-refractivity contribution < 1.29 is 9.90 Å². The maximum atomic E-state index is 10.5. The molecule has 0 unspecified atom stereocenters. The number of nitrogens with one attached hydrogen (secondary N) is 1. The van der Waals surface area contributed by atoms with Crippen LogP contribution in [0.5, 0.6) is 0 Å². The van der Waals surface area contributed by atoms with Gasteiger partial charge in [0, 0.05) is 11.9 Å². The minimum Gasteiger partial charge on any atom is -0.476 e. The molecule has 0 amide bonds. The quantitative estimate of drug-likeness (QED) is 0.781. The van der Waals surface area contributed by atoms with Crippen molar-refractivity contribution in [1.82, 2.24) is 10.3 Å². The van der Waals surface area contributed by atoms with E-state index in [2.05, 4.69) is 24.1 Å². The highest BCUT2D eigenvalue weighted by atomic mass is 32.1. The molecule has 1 heterocycles. The smallest absolute Gasteiger partial charge is 0.365 e. The van der Waals surface area contributed by atoms with Crippen LogP contribution < -0.4 is 5.32 Å². The third-order valence-electron chi connectivity index (χ3n) is 1.59. The molecule has 0 bridgehead atoms. The largest absolute Gasteiger partial charge is 0.476 e. The number of hydrogen-bond acceptors (Lipinski definition) is 4. The van der Waals surface area contributed by atoms with Gasteiger partial charge in [0.2, 0.25) is 5.01 Å². The molecule has 1 rings (SSSR count). The summed E-state index contributed by atoms with van der Waals surface area (Å²) in [6.07, 6.45) is 0. The fourth-order valence-corrected chi connectivity index (χ4v) is 1.63. The van der Waals surface area contributed by atoms with Crippen LogP contribution in [0.3, 0.4) is 0 Å². The van der Waals surface area contributed by atoms with Crippen molar-refractivity contribution in [2.75, 3.05) is 6.54 Å². The van der Waals surface area contributed by atoms with Gasteiger partial charge in [0.15, 0.2) is 0 Å². The molecule has 14 heavy (non-hydrogen) atoms. The van der Waals surface area contributed by atoms with E-state index in [9.17, 15) is 4.79 Å². The van der Waals surface area contributed by atoms with Crippen LogP contribution in [0.25, 0.3) is 0 Å². The number of carbonyl (C=O) groups is 1. The summed E-state index contributed by atoms with van der Waals surface area (Å²) in [4.78, 5) is 14.5. The van der Waals surface area contributed by atoms with Crippen LogP contribution in [0, 0.1) is 5.92 Å². The summed E-state index contributed by atoms with van der Waals surface area (Å²) in [7, 11) is 0. The molecular weight excluding hydrogens is 200 g/mol. The SMILES string of the molecule is CC(C)CNCc1csc(C(=O)O)n1. The van der Waals surface area contributed by atoms with Crippen molar-refractivity contribution in [3.05, 3.63) is 16.1 Å². The molecule has 0 aliphatic rings. The maximum Gasteiger partial charge on any atom is 0.365 e. The second-order valence-corrected chi connectivity index (χ2v) is 4.33. The van der Waals surface area contributed by atoms with Gasteiger partial charge in [-0.3, -0.25) is 0 Å². The average Bonchev–Trinajstić information content (AvgIpc) is 2.52. The molecule has 0 atom stereocenters. The van der Waals surface area contributed by atoms with Crippen LogP contribution in [0.4, 0.5) is 0 Å². The number of thiazole rings is 1. The number of carboxylic acid groups (broad SMARTS) is 1. The zero-order chi connectivity index (χ0) is 10.6. The Kier molecular flexibility index (Phi) is 4.03. The highest BCUT2D eigenvalue weighted by molar-refractivity contribution is 7.11. The number of hydrogen-bond donors (Lipinski definition) is 2. The molecule has 2 N–H and O–H groups in total. The third kappa shape index (κ3) is 3.43. The van der Waals surface area contributed by atoms with Gasteiger partial charge in [0.05, 0.1) is 5.69 Å². The van der Waals surface area contributed by atoms with Crippen molar-refractivity contribution in [1.29, 1.82) is 0 Å². The summed E-state index contributed by atoms with van der Waals surface area (Å²) < 4.78 is 0. The Balaban J connectivity index is 2.40. The van der Waals surface area contributed by atoms with Gasteiger partial charge in [0.25, 0.3) is 0 Å². The molecule has 0 aliphatic heterocycles. The number of aromatic carboxylic acids is 1. The van der Waals surface area contributed by atoms with Gasteiger partial charge < -0.3 is 10.4 Å². The highest BCUT2D eigenvalue weighted by Crippen LogP contribution is 2.09. The van der Waals surface area contributed by atoms with Crippen LogP contribution >= 0.6 is 11.3 Å². The van der Waals surface area contributed by atoms with E-state index in [0.29, 0.717) is 12.5 Å². The molecular formula is C9H14N2O2S. The maximum absolute atomic E-state index is 10.5. The van der Waals surface area contributed by atoms with E-state index in [0.717, 1.165) is 12.2 Å². The molecule has 0 saturated heterocycles. The highest BCUT2D eigenvalue weighted by Gasteiger charge is 2.08. The van der Waals surface area contributed by atoms with Gasteiger partial charge >= 0.3 is 5.97 Å². The standard InChI is InChI=1S/C9H14N2O2S/c1-6(2)3-10-4-7-5-14-8(11-7)9(12)13/h5-6,10H,3-4H2,1-2H3,(H,12,13). The molecule has 1 aromatic heterocycles. The van der Waals surface area contributed by atoms with Crippen molar-refractivity contribution in [2.45, 2.75) is 20.4 Å². The van der Waals surface area contributed by atoms with E-state index in [-0.39, 0.29) is 5.01 Å². The first-order chi connectivity index (χ1) is 6.59. The lowest BCUT2D eigenvalue weighted by Gasteiger charge is -2.04. The lowest BCUT2D eigenvalue weighted by molar-refractivity contribution is 0.0696. The zero-order valence-electron chi connectivity index (χ0n) is 8.28. The lowest BCUT2D eigenvalue weighted by atomic mass is 10.2. The predicted molar refractivity (Wildman–Crippen MR) is 55.6 cm³/mol. The van der Waals surface area contributed by atoms with E-state index >= 15 is 0 Å². The molecule has 0 aliphatic carbocycles. The van der Waals surface area contributed by atoms with Gasteiger partial charge in [-0.05, 0) is 12.5 Å². The van der Waals surface area contributed by atoms with E-state index < -0.39 is 5.97 Å². The van der Waals surface area contributed by atoms with E-state index in [4.69, 9.17) is 5.11 Å². The predicted octanol–water partition coefficient (Wildman–Crippen LogP) is 1.59. The molecule has 1 aromatic rings. The Morgan fingerprint density at radius 1 is 1.71 bits per heavy atom. The van der Waals surface area contributed by atoms with Gasteiger partial charge in [-0.25, -0.2) is 9.78 Å². The van der Waals surface area contributed by atoms with Crippen LogP contribution in [-0.2, 0) is 6.54 Å². The summed E-state index contributed by atoms with van der Waals surface area (Å²) in [6.45, 7) is 5.80. The first-order valence-corrected chi connectivity index (χ1v) is 5.36. The molecule has 0 spiro atoms. The molecule has 4 nitrogen and oxygen atoms in total. The van der Waals surface area contributed by atoms with Crippen molar-refractivity contribution in [3.63, 3.8) is 0 Å². The monoisotopic (exact) mass is 214 g/mol. The lowest BCUT2D eigenvalue weighted by Crippen LogP contribution is -2.19. The Morgan fingerprint density at radius 2 is 2.43 bits per heavy atom. The van der Waals surface area contributed by atoms with Crippen LogP contribution in [0.2, 0.25) is 0 Å². The summed E-state index contributed by atoms with van der Waals surface area (Å²) in [5.74, 6) is -0.363. The first kappa shape index (κ1) is 11.1. The van der Waals surface area contributed by atoms with E-state index in [1.54, 1.807) is 5.38 Å². The van der Waals surface area contributed by atoms with Gasteiger partial charge in [-0.1, -0.05) is 13.8 Å². The van der Waals surface area contributed by atoms with Gasteiger partial charge in [0.1, 0.15) is 0 Å². The molecule has 0 fully saturated rings. The Labute approximate surface area is 87.0 Å². The van der Waals surface area contributed by atoms with Crippen molar-refractivity contribution in [2.24, 2.45) is 5.92 Å². The van der Waals surface area contributed by atoms with E-state index in [1.807, 2.05) is 0 Å². The van der Waals surface area contributed by atoms with Gasteiger partial charge in [-0.15, -0.1) is 11.3 Å². The van der Waals surface area contributed by atoms with Gasteiger partial charge in [-0.2, -0.15) is 0 Å². The fourth-order valence-electron chi connectivity index (χ4n) is 0.975. The van der Waals surface area contributed by atoms with Crippen LogP contribution in [0.15, 0.2) is 5.38 Å². The van der Waals surface area contributed by atoms with Crippen molar-refractivity contribution in [3.8, 4) is 0 Å². The summed E-state index contributed by atoms with van der Waals surface area (Å²) in [5, 5.41) is 13.8. The Morgan fingerprint density at radius 3 is 2.93 bits per heavy atom. The molecule has 0 aromatic carbocycles. The fraction of sp³-hybridized carbons (Fsp3) is 0.556. The summed E-state index contributed by atoms with van der Waals surface area (Å²) >= 11 is 1.17. The number of rotatable bonds is 5. The normalized spacial score (nSPS) is 10.8. The van der Waals surface area contributed by atoms with Crippen LogP contribution in [-0.4, -0.2) is 22.6 Å². The number of aromatic nitrogens is 1. The molecule has 0 saturated carbocycles. The third-order valence-corrected chi connectivity index (χ3v) is 2.47. The summed E-state index contributed by atoms with van der Waals surface area (Å²) in [5.41, 5.74) is 0.799. The van der Waals surface area contributed by atoms with Crippen LogP contribution in [0.1, 0.15) is 29.3 Å². The zero-order valence-corrected chi connectivity index (χ0v) is 9.10. The molecule has 5 heteroatoms. The second kappa shape index (κ2) is 5.07. The Bertz CT molecular complexity index is 310. The van der Waals surface area contributed by atoms with E-state index in [1.165, 1.54) is 11.3 Å². The molecule has 78 valence electrons. The number of carboxylic acids is 1. The number of nitrogens with zero attached hydrogens (tertiary/aromatic N) is 1. The minimum absolute atomic E-state index is 0.159. The summed E-state index contributed by atoms with van der Waals surface area (Å²) in [6, 6.07) is 0. The second-order valence-electron chi connectivity index (χ2n) is 3.47. The Hall–Kier alpha value is -0.940. The topological polar surface area (TPSA) is 62.2 Å². The van der Waals surface area contributed by atoms with Crippen molar-refractivity contribution >= 4 is 17.3 Å².